The molecule has 0 unspecified atom stereocenters. The number of hydrogen-bond donors (Lipinski definition) is 2. The Morgan fingerprint density at radius 3 is 2.50 bits per heavy atom. The molecule has 0 amide bonds. The van der Waals surface area contributed by atoms with E-state index in [4.69, 9.17) is 5.11 Å². The van der Waals surface area contributed by atoms with Gasteiger partial charge in [-0.1, -0.05) is 37.3 Å². The van der Waals surface area contributed by atoms with Crippen LogP contribution in [0.15, 0.2) is 30.3 Å². The number of carbonyl (C=O) groups is 1. The third kappa shape index (κ3) is 5.72. The highest BCUT2D eigenvalue weighted by Crippen LogP contribution is 2.09. The van der Waals surface area contributed by atoms with Gasteiger partial charge in [-0.3, -0.25) is 9.69 Å². The number of aryl methyl sites for hydroxylation is 1. The summed E-state index contributed by atoms with van der Waals surface area (Å²) in [6.45, 7) is 3.46. The monoisotopic (exact) mass is 279 g/mol. The molecule has 0 aliphatic carbocycles. The summed E-state index contributed by atoms with van der Waals surface area (Å²) >= 11 is 0. The Bertz CT molecular complexity index is 381. The molecule has 0 fully saturated rings. The van der Waals surface area contributed by atoms with E-state index in [0.29, 0.717) is 6.42 Å². The quantitative estimate of drug-likeness (QED) is 0.689. The van der Waals surface area contributed by atoms with E-state index in [1.54, 1.807) is 0 Å². The molecule has 1 rings (SSSR count). The van der Waals surface area contributed by atoms with Gasteiger partial charge in [-0.25, -0.2) is 0 Å². The first-order valence-electron chi connectivity index (χ1n) is 7.30. The Morgan fingerprint density at radius 2 is 1.95 bits per heavy atom. The summed E-state index contributed by atoms with van der Waals surface area (Å²) in [6, 6.07) is 9.64. The van der Waals surface area contributed by atoms with Gasteiger partial charge in [0.2, 0.25) is 0 Å². The first kappa shape index (κ1) is 16.7. The predicted molar refractivity (Wildman–Crippen MR) is 79.8 cm³/mol. The van der Waals surface area contributed by atoms with Crippen molar-refractivity contribution in [2.24, 2.45) is 0 Å². The maximum atomic E-state index is 11.3. The fourth-order valence-corrected chi connectivity index (χ4v) is 2.43. The number of aliphatic hydroxyl groups excluding tert-OH is 1. The van der Waals surface area contributed by atoms with Crippen molar-refractivity contribution < 1.29 is 15.0 Å². The van der Waals surface area contributed by atoms with Gasteiger partial charge in [0.25, 0.3) is 0 Å². The number of aliphatic hydroxyl groups is 1. The largest absolute Gasteiger partial charge is 0.480 e. The molecular formula is C16H25NO3. The topological polar surface area (TPSA) is 60.8 Å². The van der Waals surface area contributed by atoms with Crippen LogP contribution in [0.2, 0.25) is 0 Å². The molecule has 112 valence electrons. The summed E-state index contributed by atoms with van der Waals surface area (Å²) in [5, 5.41) is 18.3. The average molecular weight is 279 g/mol. The van der Waals surface area contributed by atoms with Crippen LogP contribution < -0.4 is 0 Å². The fourth-order valence-electron chi connectivity index (χ4n) is 2.43. The predicted octanol–water partition coefficient (Wildman–Crippen LogP) is 2.17. The first-order valence-corrected chi connectivity index (χ1v) is 7.30. The second-order valence-corrected chi connectivity index (χ2v) is 4.99. The lowest BCUT2D eigenvalue weighted by Gasteiger charge is -2.28. The SMILES string of the molecule is CCCN(CCCc1ccccc1)[C@@H](CCO)C(=O)O. The van der Waals surface area contributed by atoms with E-state index in [1.165, 1.54) is 5.56 Å². The van der Waals surface area contributed by atoms with E-state index in [9.17, 15) is 9.90 Å². The van der Waals surface area contributed by atoms with Gasteiger partial charge in [0.05, 0.1) is 0 Å². The standard InChI is InChI=1S/C16H25NO3/c1-2-11-17(15(10-13-18)16(19)20)12-6-9-14-7-4-3-5-8-14/h3-5,7-8,15,18H,2,6,9-13H2,1H3,(H,19,20)/t15-/m0/s1. The van der Waals surface area contributed by atoms with Crippen molar-refractivity contribution in [3.05, 3.63) is 35.9 Å². The van der Waals surface area contributed by atoms with Crippen LogP contribution in [0.3, 0.4) is 0 Å². The van der Waals surface area contributed by atoms with E-state index in [0.717, 1.165) is 32.4 Å². The number of rotatable bonds is 10. The molecule has 0 aliphatic heterocycles. The summed E-state index contributed by atoms with van der Waals surface area (Å²) in [6.07, 6.45) is 3.09. The first-order chi connectivity index (χ1) is 9.69. The van der Waals surface area contributed by atoms with Crippen LogP contribution in [-0.2, 0) is 11.2 Å². The Balaban J connectivity index is 2.51. The molecule has 1 aromatic carbocycles. The number of hydrogen-bond acceptors (Lipinski definition) is 3. The van der Waals surface area contributed by atoms with E-state index >= 15 is 0 Å². The fraction of sp³-hybridized carbons (Fsp3) is 0.562. The third-order valence-electron chi connectivity index (χ3n) is 3.39. The Labute approximate surface area is 121 Å². The molecule has 0 spiro atoms. The lowest BCUT2D eigenvalue weighted by molar-refractivity contribution is -0.144. The molecular weight excluding hydrogens is 254 g/mol. The summed E-state index contributed by atoms with van der Waals surface area (Å²) in [5.74, 6) is -0.841. The van der Waals surface area contributed by atoms with Crippen molar-refractivity contribution >= 4 is 5.97 Å². The molecule has 20 heavy (non-hydrogen) atoms. The zero-order valence-corrected chi connectivity index (χ0v) is 12.2. The Hall–Kier alpha value is -1.39. The average Bonchev–Trinajstić information content (AvgIpc) is 2.45. The molecule has 0 aliphatic rings. The van der Waals surface area contributed by atoms with Crippen LogP contribution in [0.5, 0.6) is 0 Å². The molecule has 0 radical (unpaired) electrons. The maximum absolute atomic E-state index is 11.3. The van der Waals surface area contributed by atoms with Gasteiger partial charge in [-0.05, 0) is 44.3 Å². The normalized spacial score (nSPS) is 12.6. The molecule has 0 heterocycles. The van der Waals surface area contributed by atoms with Gasteiger partial charge >= 0.3 is 5.97 Å². The van der Waals surface area contributed by atoms with Gasteiger partial charge in [0.1, 0.15) is 6.04 Å². The van der Waals surface area contributed by atoms with Crippen molar-refractivity contribution in [1.82, 2.24) is 4.90 Å². The molecule has 0 aromatic heterocycles. The van der Waals surface area contributed by atoms with E-state index in [1.807, 2.05) is 30.0 Å². The van der Waals surface area contributed by atoms with Crippen LogP contribution in [0.1, 0.15) is 31.7 Å². The number of carboxylic acids is 1. The Morgan fingerprint density at radius 1 is 1.25 bits per heavy atom. The minimum atomic E-state index is -0.841. The van der Waals surface area contributed by atoms with Crippen LogP contribution in [0.4, 0.5) is 0 Å². The summed E-state index contributed by atoms with van der Waals surface area (Å²) in [7, 11) is 0. The number of benzene rings is 1. The molecule has 4 heteroatoms. The summed E-state index contributed by atoms with van der Waals surface area (Å²) in [5.41, 5.74) is 1.28. The molecule has 0 bridgehead atoms. The maximum Gasteiger partial charge on any atom is 0.321 e. The van der Waals surface area contributed by atoms with E-state index < -0.39 is 12.0 Å². The Kier molecular flexibility index (Phi) is 7.92. The lowest BCUT2D eigenvalue weighted by Crippen LogP contribution is -2.43. The van der Waals surface area contributed by atoms with Gasteiger partial charge in [0, 0.05) is 6.61 Å². The highest BCUT2D eigenvalue weighted by molar-refractivity contribution is 5.73. The van der Waals surface area contributed by atoms with Crippen LogP contribution in [0.25, 0.3) is 0 Å². The number of nitrogens with zero attached hydrogens (tertiary/aromatic N) is 1. The minimum absolute atomic E-state index is 0.0874. The van der Waals surface area contributed by atoms with E-state index in [-0.39, 0.29) is 6.61 Å². The van der Waals surface area contributed by atoms with Crippen molar-refractivity contribution in [1.29, 1.82) is 0 Å². The minimum Gasteiger partial charge on any atom is -0.480 e. The van der Waals surface area contributed by atoms with Gasteiger partial charge in [0.15, 0.2) is 0 Å². The highest BCUT2D eigenvalue weighted by Gasteiger charge is 2.23. The van der Waals surface area contributed by atoms with Crippen molar-refractivity contribution in [2.45, 2.75) is 38.6 Å². The zero-order chi connectivity index (χ0) is 14.8. The second-order valence-electron chi connectivity index (χ2n) is 4.99. The van der Waals surface area contributed by atoms with Crippen molar-refractivity contribution in [3.8, 4) is 0 Å². The number of carboxylic acid groups (broad SMARTS) is 1. The summed E-state index contributed by atoms with van der Waals surface area (Å²) < 4.78 is 0. The molecule has 1 aromatic rings. The molecule has 4 nitrogen and oxygen atoms in total. The summed E-state index contributed by atoms with van der Waals surface area (Å²) in [4.78, 5) is 13.3. The number of aliphatic carboxylic acids is 1. The second kappa shape index (κ2) is 9.50. The van der Waals surface area contributed by atoms with Gasteiger partial charge in [-0.2, -0.15) is 0 Å². The smallest absolute Gasteiger partial charge is 0.321 e. The molecule has 0 saturated carbocycles. The van der Waals surface area contributed by atoms with Crippen LogP contribution in [-0.4, -0.2) is 46.8 Å². The van der Waals surface area contributed by atoms with Crippen molar-refractivity contribution in [3.63, 3.8) is 0 Å². The van der Waals surface area contributed by atoms with E-state index in [2.05, 4.69) is 12.1 Å². The zero-order valence-electron chi connectivity index (χ0n) is 12.2. The molecule has 0 saturated heterocycles. The lowest BCUT2D eigenvalue weighted by atomic mass is 10.1. The van der Waals surface area contributed by atoms with Gasteiger partial charge in [-0.15, -0.1) is 0 Å². The van der Waals surface area contributed by atoms with Gasteiger partial charge < -0.3 is 10.2 Å². The van der Waals surface area contributed by atoms with Crippen LogP contribution in [0, 0.1) is 0 Å². The third-order valence-corrected chi connectivity index (χ3v) is 3.39. The van der Waals surface area contributed by atoms with Crippen molar-refractivity contribution in [2.75, 3.05) is 19.7 Å². The molecule has 1 atom stereocenters. The van der Waals surface area contributed by atoms with Crippen LogP contribution >= 0.6 is 0 Å². The molecule has 2 N–H and O–H groups in total. The highest BCUT2D eigenvalue weighted by atomic mass is 16.4.